The van der Waals surface area contributed by atoms with Crippen LogP contribution in [0.4, 0.5) is 5.13 Å². The molecule has 1 unspecified atom stereocenters. The number of nitrogen functional groups attached to an aromatic ring is 1. The summed E-state index contributed by atoms with van der Waals surface area (Å²) in [5.41, 5.74) is 8.16. The molecular formula is C46H44N6O7S2. The summed E-state index contributed by atoms with van der Waals surface area (Å²) in [7, 11) is 0. The number of nitrogens with one attached hydrogen (secondary N) is 1. The van der Waals surface area contributed by atoms with Crippen molar-refractivity contribution in [2.24, 2.45) is 11.1 Å². The monoisotopic (exact) mass is 856 g/mol. The van der Waals surface area contributed by atoms with E-state index in [1.54, 1.807) is 36.0 Å². The molecule has 13 nitrogen and oxygen atoms in total. The van der Waals surface area contributed by atoms with E-state index in [9.17, 15) is 19.2 Å². The minimum absolute atomic E-state index is 0.0207. The number of benzene rings is 3. The van der Waals surface area contributed by atoms with Crippen molar-refractivity contribution in [1.82, 2.24) is 20.2 Å². The summed E-state index contributed by atoms with van der Waals surface area (Å²) in [4.78, 5) is 71.8. The molecule has 2 amide bonds. The summed E-state index contributed by atoms with van der Waals surface area (Å²) < 4.78 is 11.1. The van der Waals surface area contributed by atoms with Gasteiger partial charge in [0, 0.05) is 47.1 Å². The fraction of sp³-hybridized carbons (Fsp3) is 0.239. The van der Waals surface area contributed by atoms with Gasteiger partial charge in [0.25, 0.3) is 11.8 Å². The van der Waals surface area contributed by atoms with Crippen molar-refractivity contribution in [1.29, 1.82) is 0 Å². The van der Waals surface area contributed by atoms with Crippen molar-refractivity contribution in [2.75, 3.05) is 11.5 Å². The second-order valence-corrected chi connectivity index (χ2v) is 16.2. The summed E-state index contributed by atoms with van der Waals surface area (Å²) >= 11 is 2.48. The lowest BCUT2D eigenvalue weighted by Gasteiger charge is -2.49. The molecule has 3 aromatic carbocycles. The van der Waals surface area contributed by atoms with Gasteiger partial charge in [0.2, 0.25) is 11.9 Å². The smallest absolute Gasteiger partial charge is 0.358 e. The maximum atomic E-state index is 14.4. The van der Waals surface area contributed by atoms with Gasteiger partial charge in [0.05, 0.1) is 5.92 Å². The second kappa shape index (κ2) is 19.2. The SMILES string of the molecule is CCC(CC)C(=O)OC(C)OC(=O)C1=C(/C=C\c2cccnc2)CS[C@@H]2[C@H](NC(=O)/C(=N/OC(c3ccccc3)(c3ccccc3)c3ccccc3)c3csc(N)n3)C(=O)N12. The maximum absolute atomic E-state index is 14.4. The van der Waals surface area contributed by atoms with Gasteiger partial charge in [-0.1, -0.05) is 128 Å². The van der Waals surface area contributed by atoms with Gasteiger partial charge in [0.15, 0.2) is 10.8 Å². The first-order chi connectivity index (χ1) is 29.6. The number of carbonyl (C=O) groups is 4. The molecule has 0 bridgehead atoms. The molecule has 0 spiro atoms. The number of thioether (sulfide) groups is 1. The standard InChI is InChI=1S/C46H44N6O7S2/c1-4-31(5-2)43(55)57-29(3)58-44(56)39-32(24-23-30-16-15-25-48-26-30)27-60-42-38(41(54)52(39)42)50-40(53)37(36-28-61-45(47)49-36)51-59-46(33-17-9-6-10-18-33,34-19-11-7-12-20-34)35-21-13-8-14-22-35/h6-26,28-29,31,38,42H,4-5,27H2,1-3H3,(H2,47,49)(H,50,53)/b24-23-,51-37+/t29?,38-,42-/m1/s1. The number of allylic oxidation sites excluding steroid dienone is 1. The van der Waals surface area contributed by atoms with Crippen LogP contribution in [0.1, 0.15) is 61.6 Å². The van der Waals surface area contributed by atoms with Crippen LogP contribution >= 0.6 is 23.1 Å². The number of ether oxygens (including phenoxy) is 2. The Kier molecular flexibility index (Phi) is 13.4. The van der Waals surface area contributed by atoms with Crippen LogP contribution in [0.25, 0.3) is 6.08 Å². The van der Waals surface area contributed by atoms with E-state index in [2.05, 4.69) is 20.4 Å². The van der Waals surface area contributed by atoms with E-state index in [4.69, 9.17) is 20.0 Å². The van der Waals surface area contributed by atoms with Crippen LogP contribution in [-0.4, -0.2) is 67.8 Å². The summed E-state index contributed by atoms with van der Waals surface area (Å²) in [6.45, 7) is 5.21. The molecule has 61 heavy (non-hydrogen) atoms. The quantitative estimate of drug-likeness (QED) is 0.0259. The van der Waals surface area contributed by atoms with E-state index in [1.165, 1.54) is 23.6 Å². The first-order valence-corrected chi connectivity index (χ1v) is 21.7. The number of oxime groups is 1. The molecule has 7 rings (SSSR count). The van der Waals surface area contributed by atoms with Gasteiger partial charge in [-0.25, -0.2) is 9.78 Å². The van der Waals surface area contributed by atoms with Crippen molar-refractivity contribution in [2.45, 2.75) is 56.9 Å². The third-order valence-electron chi connectivity index (χ3n) is 10.3. The Hall–Kier alpha value is -6.58. The predicted molar refractivity (Wildman–Crippen MR) is 234 cm³/mol. The molecule has 1 fully saturated rings. The number of amides is 2. The Balaban J connectivity index is 1.20. The molecule has 2 aliphatic heterocycles. The van der Waals surface area contributed by atoms with Gasteiger partial charge < -0.3 is 25.4 Å². The van der Waals surface area contributed by atoms with E-state index in [1.807, 2.05) is 111 Å². The Labute approximate surface area is 361 Å². The lowest BCUT2D eigenvalue weighted by atomic mass is 9.80. The first kappa shape index (κ1) is 42.5. The van der Waals surface area contributed by atoms with Crippen molar-refractivity contribution in [3.05, 3.63) is 166 Å². The highest BCUT2D eigenvalue weighted by Gasteiger charge is 2.55. The number of aromatic nitrogens is 2. The summed E-state index contributed by atoms with van der Waals surface area (Å²) in [6.07, 6.45) is 6.73. The average Bonchev–Trinajstić information content (AvgIpc) is 3.72. The van der Waals surface area contributed by atoms with E-state index >= 15 is 0 Å². The molecule has 3 N–H and O–H groups in total. The molecule has 2 aromatic heterocycles. The van der Waals surface area contributed by atoms with Crippen LogP contribution in [0.2, 0.25) is 0 Å². The summed E-state index contributed by atoms with van der Waals surface area (Å²) in [5.74, 6) is -2.70. The highest BCUT2D eigenvalue weighted by molar-refractivity contribution is 8.00. The Bertz CT molecular complexity index is 2340. The van der Waals surface area contributed by atoms with Gasteiger partial charge in [-0.05, 0) is 30.0 Å². The molecule has 2 aliphatic rings. The van der Waals surface area contributed by atoms with Crippen LogP contribution < -0.4 is 11.1 Å². The topological polar surface area (TPSA) is 175 Å². The normalized spacial score (nSPS) is 17.1. The molecule has 5 aromatic rings. The van der Waals surface area contributed by atoms with Crippen LogP contribution in [0.3, 0.4) is 0 Å². The molecule has 3 atom stereocenters. The number of thiazole rings is 1. The number of pyridine rings is 1. The highest BCUT2D eigenvalue weighted by Crippen LogP contribution is 2.43. The number of nitrogens with zero attached hydrogens (tertiary/aromatic N) is 4. The van der Waals surface area contributed by atoms with Crippen molar-refractivity contribution >= 4 is 63.8 Å². The fourth-order valence-electron chi connectivity index (χ4n) is 7.15. The van der Waals surface area contributed by atoms with Crippen LogP contribution in [0.5, 0.6) is 0 Å². The molecule has 312 valence electrons. The largest absolute Gasteiger partial charge is 0.425 e. The first-order valence-electron chi connectivity index (χ1n) is 19.8. The van der Waals surface area contributed by atoms with E-state index in [0.717, 1.165) is 33.6 Å². The number of anilines is 1. The average molecular weight is 857 g/mol. The van der Waals surface area contributed by atoms with Crippen LogP contribution in [-0.2, 0) is 39.1 Å². The Morgan fingerprint density at radius 3 is 2.08 bits per heavy atom. The highest BCUT2D eigenvalue weighted by atomic mass is 32.2. The molecule has 0 radical (unpaired) electrons. The number of rotatable bonds is 16. The molecule has 4 heterocycles. The van der Waals surface area contributed by atoms with Gasteiger partial charge in [-0.15, -0.1) is 23.1 Å². The maximum Gasteiger partial charge on any atom is 0.358 e. The van der Waals surface area contributed by atoms with Gasteiger partial charge in [0.1, 0.15) is 22.8 Å². The lowest BCUT2D eigenvalue weighted by molar-refractivity contribution is -0.187. The molecule has 15 heteroatoms. The number of carbonyl (C=O) groups excluding carboxylic acids is 4. The minimum Gasteiger partial charge on any atom is -0.425 e. The van der Waals surface area contributed by atoms with Crippen LogP contribution in [0.15, 0.2) is 143 Å². The summed E-state index contributed by atoms with van der Waals surface area (Å²) in [5, 5.41) is 8.50. The van der Waals surface area contributed by atoms with Gasteiger partial charge in [-0.3, -0.25) is 24.3 Å². The number of esters is 2. The van der Waals surface area contributed by atoms with Crippen molar-refractivity contribution < 1.29 is 33.5 Å². The Morgan fingerprint density at radius 1 is 0.918 bits per heavy atom. The predicted octanol–water partition coefficient (Wildman–Crippen LogP) is 7.07. The van der Waals surface area contributed by atoms with Gasteiger partial charge >= 0.3 is 11.9 Å². The third-order valence-corrected chi connectivity index (χ3v) is 12.3. The van der Waals surface area contributed by atoms with E-state index in [0.29, 0.717) is 18.4 Å². The van der Waals surface area contributed by atoms with Crippen molar-refractivity contribution in [3.63, 3.8) is 0 Å². The molecule has 0 saturated carbocycles. The third kappa shape index (κ3) is 9.12. The number of hydrogen-bond donors (Lipinski definition) is 2. The number of hydrogen-bond acceptors (Lipinski definition) is 13. The zero-order valence-corrected chi connectivity index (χ0v) is 35.3. The number of fused-ring (bicyclic) bond motifs is 1. The summed E-state index contributed by atoms with van der Waals surface area (Å²) in [6, 6.07) is 31.2. The Morgan fingerprint density at radius 2 is 1.54 bits per heavy atom. The number of nitrogens with two attached hydrogens (primary N) is 1. The zero-order chi connectivity index (χ0) is 42.9. The van der Waals surface area contributed by atoms with Gasteiger partial charge in [-0.2, -0.15) is 0 Å². The van der Waals surface area contributed by atoms with Crippen LogP contribution in [0, 0.1) is 5.92 Å². The zero-order valence-electron chi connectivity index (χ0n) is 33.7. The van der Waals surface area contributed by atoms with E-state index < -0.39 is 47.1 Å². The minimum atomic E-state index is -1.32. The van der Waals surface area contributed by atoms with E-state index in [-0.39, 0.29) is 33.9 Å². The lowest BCUT2D eigenvalue weighted by Crippen LogP contribution is -2.71. The second-order valence-electron chi connectivity index (χ2n) is 14.2. The number of β-lactam (4-membered cyclic amide) rings is 1. The van der Waals surface area contributed by atoms with Crippen molar-refractivity contribution in [3.8, 4) is 0 Å². The molecule has 1 saturated heterocycles. The fourth-order valence-corrected chi connectivity index (χ4v) is 9.01. The molecule has 0 aliphatic carbocycles. The molecular weight excluding hydrogens is 813 g/mol.